The van der Waals surface area contributed by atoms with Gasteiger partial charge in [-0.25, -0.2) is 4.39 Å². The van der Waals surface area contributed by atoms with Gasteiger partial charge in [0.05, 0.1) is 0 Å². The van der Waals surface area contributed by atoms with Gasteiger partial charge in [0.15, 0.2) is 0 Å². The van der Waals surface area contributed by atoms with Crippen LogP contribution in [0.15, 0.2) is 18.2 Å². The molecule has 1 aliphatic rings. The third-order valence-corrected chi connectivity index (χ3v) is 2.59. The predicted octanol–water partition coefficient (Wildman–Crippen LogP) is 2.98. The van der Waals surface area contributed by atoms with Crippen LogP contribution in [0.5, 0.6) is 0 Å². The van der Waals surface area contributed by atoms with Gasteiger partial charge in [0, 0.05) is 11.6 Å². The van der Waals surface area contributed by atoms with Gasteiger partial charge in [-0.15, -0.1) is 12.4 Å². The smallest absolute Gasteiger partial charge is 0.128 e. The Balaban J connectivity index is 0.000000980. The van der Waals surface area contributed by atoms with E-state index in [-0.39, 0.29) is 24.3 Å². The number of aryl methyl sites for hydroxylation is 1. The number of hydrogen-bond acceptors (Lipinski definition) is 1. The lowest BCUT2D eigenvalue weighted by Gasteiger charge is -2.11. The monoisotopic (exact) mass is 215 g/mol. The molecule has 1 N–H and O–H groups in total. The average molecular weight is 216 g/mol. The standard InChI is InChI=1S/C11H14FN.ClH/c1-8-4-5-9(10(12)7-8)11-3-2-6-13-11;/h4-5,7,11,13H,2-3,6H2,1H3;1H/t11-;/m0./s1. The van der Waals surface area contributed by atoms with Crippen molar-refractivity contribution in [1.82, 2.24) is 5.32 Å². The van der Waals surface area contributed by atoms with Crippen LogP contribution in [0.25, 0.3) is 0 Å². The van der Waals surface area contributed by atoms with Gasteiger partial charge < -0.3 is 5.32 Å². The summed E-state index contributed by atoms with van der Waals surface area (Å²) in [4.78, 5) is 0. The summed E-state index contributed by atoms with van der Waals surface area (Å²) in [6.07, 6.45) is 2.21. The normalized spacial score (nSPS) is 20.6. The molecule has 1 nitrogen and oxygen atoms in total. The molecule has 0 radical (unpaired) electrons. The van der Waals surface area contributed by atoms with E-state index in [2.05, 4.69) is 5.32 Å². The van der Waals surface area contributed by atoms with Crippen LogP contribution in [0.4, 0.5) is 4.39 Å². The van der Waals surface area contributed by atoms with Crippen molar-refractivity contribution >= 4 is 12.4 Å². The number of rotatable bonds is 1. The number of hydrogen-bond donors (Lipinski definition) is 1. The van der Waals surface area contributed by atoms with Gasteiger partial charge >= 0.3 is 0 Å². The van der Waals surface area contributed by atoms with Crippen LogP contribution in [0, 0.1) is 12.7 Å². The molecule has 1 aromatic rings. The van der Waals surface area contributed by atoms with Crippen LogP contribution in [-0.2, 0) is 0 Å². The molecule has 0 aliphatic carbocycles. The molecule has 1 heterocycles. The molecule has 3 heteroatoms. The molecule has 78 valence electrons. The van der Waals surface area contributed by atoms with Gasteiger partial charge in [-0.1, -0.05) is 12.1 Å². The first-order valence-electron chi connectivity index (χ1n) is 4.77. The molecule has 1 atom stereocenters. The Morgan fingerprint density at radius 2 is 2.21 bits per heavy atom. The van der Waals surface area contributed by atoms with Crippen molar-refractivity contribution in [3.8, 4) is 0 Å². The predicted molar refractivity (Wildman–Crippen MR) is 58.4 cm³/mol. The van der Waals surface area contributed by atoms with Crippen LogP contribution in [0.1, 0.15) is 30.0 Å². The van der Waals surface area contributed by atoms with Crippen molar-refractivity contribution in [2.45, 2.75) is 25.8 Å². The van der Waals surface area contributed by atoms with Crippen molar-refractivity contribution in [1.29, 1.82) is 0 Å². The molecule has 0 aromatic heterocycles. The molecule has 0 amide bonds. The van der Waals surface area contributed by atoms with Crippen molar-refractivity contribution < 1.29 is 4.39 Å². The molecule has 1 aromatic carbocycles. The maximum absolute atomic E-state index is 13.5. The van der Waals surface area contributed by atoms with E-state index >= 15 is 0 Å². The fraction of sp³-hybridized carbons (Fsp3) is 0.455. The summed E-state index contributed by atoms with van der Waals surface area (Å²) in [6, 6.07) is 5.71. The molecule has 1 saturated heterocycles. The fourth-order valence-corrected chi connectivity index (χ4v) is 1.86. The fourth-order valence-electron chi connectivity index (χ4n) is 1.86. The van der Waals surface area contributed by atoms with Gasteiger partial charge in [0.2, 0.25) is 0 Å². The van der Waals surface area contributed by atoms with E-state index in [0.29, 0.717) is 0 Å². The first-order valence-corrected chi connectivity index (χ1v) is 4.77. The molecule has 14 heavy (non-hydrogen) atoms. The van der Waals surface area contributed by atoms with Gasteiger partial charge in [-0.2, -0.15) is 0 Å². The Labute approximate surface area is 90.1 Å². The van der Waals surface area contributed by atoms with E-state index in [1.54, 1.807) is 6.07 Å². The third kappa shape index (κ3) is 2.25. The summed E-state index contributed by atoms with van der Waals surface area (Å²) in [5, 5.41) is 3.29. The van der Waals surface area contributed by atoms with E-state index in [1.807, 2.05) is 19.1 Å². The highest BCUT2D eigenvalue weighted by Crippen LogP contribution is 2.25. The third-order valence-electron chi connectivity index (χ3n) is 2.59. The SMILES string of the molecule is Cc1ccc([C@@H]2CCCN2)c(F)c1.Cl. The van der Waals surface area contributed by atoms with Crippen LogP contribution in [0.2, 0.25) is 0 Å². The summed E-state index contributed by atoms with van der Waals surface area (Å²) in [6.45, 7) is 2.92. The Morgan fingerprint density at radius 3 is 2.79 bits per heavy atom. The molecule has 1 aliphatic heterocycles. The summed E-state index contributed by atoms with van der Waals surface area (Å²) < 4.78 is 13.5. The minimum absolute atomic E-state index is 0. The summed E-state index contributed by atoms with van der Waals surface area (Å²) in [5.41, 5.74) is 1.81. The highest BCUT2D eigenvalue weighted by molar-refractivity contribution is 5.85. The van der Waals surface area contributed by atoms with Crippen molar-refractivity contribution in [3.05, 3.63) is 35.1 Å². The largest absolute Gasteiger partial charge is 0.310 e. The molecule has 1 fully saturated rings. The Kier molecular flexibility index (Phi) is 3.90. The second-order valence-electron chi connectivity index (χ2n) is 3.67. The molecule has 0 spiro atoms. The van der Waals surface area contributed by atoms with Gasteiger partial charge in [-0.3, -0.25) is 0 Å². The van der Waals surface area contributed by atoms with Crippen molar-refractivity contribution in [2.24, 2.45) is 0 Å². The minimum Gasteiger partial charge on any atom is -0.310 e. The zero-order valence-corrected chi connectivity index (χ0v) is 9.03. The molecular formula is C11H15ClFN. The topological polar surface area (TPSA) is 12.0 Å². The van der Waals surface area contributed by atoms with Crippen LogP contribution >= 0.6 is 12.4 Å². The lowest BCUT2D eigenvalue weighted by Crippen LogP contribution is -2.14. The van der Waals surface area contributed by atoms with Gasteiger partial charge in [0.1, 0.15) is 5.82 Å². The zero-order valence-electron chi connectivity index (χ0n) is 8.22. The van der Waals surface area contributed by atoms with Crippen LogP contribution in [0.3, 0.4) is 0 Å². The van der Waals surface area contributed by atoms with Crippen molar-refractivity contribution in [2.75, 3.05) is 6.54 Å². The number of benzene rings is 1. The Bertz CT molecular complexity index is 308. The molecule has 0 bridgehead atoms. The van der Waals surface area contributed by atoms with E-state index < -0.39 is 0 Å². The quantitative estimate of drug-likeness (QED) is 0.760. The number of halogens is 2. The average Bonchev–Trinajstić information content (AvgIpc) is 2.56. The number of nitrogens with one attached hydrogen (secondary N) is 1. The lowest BCUT2D eigenvalue weighted by molar-refractivity contribution is 0.558. The minimum atomic E-state index is -0.0700. The maximum Gasteiger partial charge on any atom is 0.128 e. The van der Waals surface area contributed by atoms with E-state index in [9.17, 15) is 4.39 Å². The maximum atomic E-state index is 13.5. The highest BCUT2D eigenvalue weighted by Gasteiger charge is 2.18. The van der Waals surface area contributed by atoms with Crippen molar-refractivity contribution in [3.63, 3.8) is 0 Å². The van der Waals surface area contributed by atoms with E-state index in [0.717, 1.165) is 30.5 Å². The first-order chi connectivity index (χ1) is 6.27. The highest BCUT2D eigenvalue weighted by atomic mass is 35.5. The second kappa shape index (κ2) is 4.76. The van der Waals surface area contributed by atoms with E-state index in [4.69, 9.17) is 0 Å². The molecule has 2 rings (SSSR count). The first kappa shape index (κ1) is 11.5. The molecule has 0 saturated carbocycles. The Morgan fingerprint density at radius 1 is 1.43 bits per heavy atom. The van der Waals surface area contributed by atoms with E-state index in [1.165, 1.54) is 0 Å². The zero-order chi connectivity index (χ0) is 9.26. The van der Waals surface area contributed by atoms with Crippen LogP contribution < -0.4 is 5.32 Å². The van der Waals surface area contributed by atoms with Gasteiger partial charge in [0.25, 0.3) is 0 Å². The lowest BCUT2D eigenvalue weighted by atomic mass is 10.0. The second-order valence-corrected chi connectivity index (χ2v) is 3.67. The summed E-state index contributed by atoms with van der Waals surface area (Å²) >= 11 is 0. The Hall–Kier alpha value is -0.600. The van der Waals surface area contributed by atoms with Gasteiger partial charge in [-0.05, 0) is 37.9 Å². The summed E-state index contributed by atoms with van der Waals surface area (Å²) in [5.74, 6) is -0.0700. The van der Waals surface area contributed by atoms with Crippen LogP contribution in [-0.4, -0.2) is 6.54 Å². The summed E-state index contributed by atoms with van der Waals surface area (Å²) in [7, 11) is 0. The molecule has 0 unspecified atom stereocenters. The molecular weight excluding hydrogens is 201 g/mol.